The first-order chi connectivity index (χ1) is 13.0. The van der Waals surface area contributed by atoms with Gasteiger partial charge < -0.3 is 10.1 Å². The number of nitrogens with zero attached hydrogens (tertiary/aromatic N) is 1. The molecule has 3 amide bonds. The Labute approximate surface area is 170 Å². The largest absolute Gasteiger partial charge is 0.376 e. The number of fused-ring (bicyclic) bond motifs is 1. The molecule has 2 aromatic rings. The molecule has 0 radical (unpaired) electrons. The first-order valence-corrected chi connectivity index (χ1v) is 9.79. The summed E-state index contributed by atoms with van der Waals surface area (Å²) in [6, 6.07) is 12.0. The summed E-state index contributed by atoms with van der Waals surface area (Å²) in [6.07, 6.45) is 1.71. The maximum absolute atomic E-state index is 12.7. The molecule has 1 N–H and O–H groups in total. The van der Waals surface area contributed by atoms with Crippen LogP contribution in [0.25, 0.3) is 0 Å². The van der Waals surface area contributed by atoms with Crippen molar-refractivity contribution in [2.24, 2.45) is 0 Å². The van der Waals surface area contributed by atoms with Gasteiger partial charge >= 0.3 is 0 Å². The van der Waals surface area contributed by atoms with Crippen molar-refractivity contribution in [2.45, 2.75) is 18.9 Å². The number of imide groups is 1. The number of hydrogen-bond donors (Lipinski definition) is 1. The monoisotopic (exact) mass is 476 g/mol. The molecule has 7 heteroatoms. The van der Waals surface area contributed by atoms with Crippen molar-refractivity contribution in [1.29, 1.82) is 0 Å². The second-order valence-corrected chi connectivity index (χ2v) is 7.83. The van der Waals surface area contributed by atoms with Gasteiger partial charge in [0.05, 0.1) is 23.8 Å². The van der Waals surface area contributed by atoms with Gasteiger partial charge in [-0.15, -0.1) is 0 Å². The standard InChI is InChI=1S/C20H17IN2O4/c21-13-4-1-3-12(9-13)18(24)22-14-6-7-16-17(10-14)20(26)23(19(16)25)11-15-5-2-8-27-15/h1,3-4,6-7,9-10,15H,2,5,8,11H2,(H,22,24). The first-order valence-electron chi connectivity index (χ1n) is 8.72. The maximum Gasteiger partial charge on any atom is 0.261 e. The van der Waals surface area contributed by atoms with Gasteiger partial charge in [0.2, 0.25) is 0 Å². The molecule has 2 heterocycles. The summed E-state index contributed by atoms with van der Waals surface area (Å²) < 4.78 is 6.50. The summed E-state index contributed by atoms with van der Waals surface area (Å²) in [5, 5.41) is 2.79. The number of carbonyl (C=O) groups excluding carboxylic acids is 3. The number of amides is 3. The molecule has 2 aliphatic rings. The minimum absolute atomic E-state index is 0.0908. The second kappa shape index (κ2) is 7.40. The highest BCUT2D eigenvalue weighted by molar-refractivity contribution is 14.1. The fraction of sp³-hybridized carbons (Fsp3) is 0.250. The lowest BCUT2D eigenvalue weighted by Gasteiger charge is -2.17. The van der Waals surface area contributed by atoms with E-state index in [1.165, 1.54) is 4.90 Å². The Bertz CT molecular complexity index is 937. The number of benzene rings is 2. The Balaban J connectivity index is 1.53. The van der Waals surface area contributed by atoms with Gasteiger partial charge in [-0.1, -0.05) is 6.07 Å². The molecule has 1 atom stereocenters. The zero-order chi connectivity index (χ0) is 19.0. The number of rotatable bonds is 4. The van der Waals surface area contributed by atoms with Crippen molar-refractivity contribution < 1.29 is 19.1 Å². The highest BCUT2D eigenvalue weighted by atomic mass is 127. The number of hydrogen-bond acceptors (Lipinski definition) is 4. The third-order valence-corrected chi connectivity index (χ3v) is 5.40. The third-order valence-electron chi connectivity index (χ3n) is 4.73. The van der Waals surface area contributed by atoms with Crippen molar-refractivity contribution in [3.05, 3.63) is 62.7 Å². The van der Waals surface area contributed by atoms with E-state index < -0.39 is 0 Å². The Kier molecular flexibility index (Phi) is 4.96. The van der Waals surface area contributed by atoms with Gasteiger partial charge in [-0.05, 0) is 71.8 Å². The fourth-order valence-electron chi connectivity index (χ4n) is 3.36. The number of ether oxygens (including phenoxy) is 1. The Morgan fingerprint density at radius 2 is 1.96 bits per heavy atom. The van der Waals surface area contributed by atoms with Crippen molar-refractivity contribution in [3.63, 3.8) is 0 Å². The predicted octanol–water partition coefficient (Wildman–Crippen LogP) is 3.32. The summed E-state index contributed by atoms with van der Waals surface area (Å²) in [4.78, 5) is 38.9. The lowest BCUT2D eigenvalue weighted by atomic mass is 10.1. The van der Waals surface area contributed by atoms with Crippen LogP contribution in [0.1, 0.15) is 43.9 Å². The SMILES string of the molecule is O=C(Nc1ccc2c(c1)C(=O)N(CC1CCCO1)C2=O)c1cccc(I)c1. The smallest absolute Gasteiger partial charge is 0.261 e. The number of halogens is 1. The van der Waals surface area contributed by atoms with Gasteiger partial charge in [-0.25, -0.2) is 0 Å². The molecular weight excluding hydrogens is 459 g/mol. The molecule has 138 valence electrons. The molecule has 27 heavy (non-hydrogen) atoms. The van der Waals surface area contributed by atoms with Crippen LogP contribution in [-0.2, 0) is 4.74 Å². The summed E-state index contributed by atoms with van der Waals surface area (Å²) in [7, 11) is 0. The maximum atomic E-state index is 12.7. The normalized spacial score (nSPS) is 18.7. The van der Waals surface area contributed by atoms with Crippen molar-refractivity contribution in [3.8, 4) is 0 Å². The minimum atomic E-state index is -0.337. The van der Waals surface area contributed by atoms with E-state index in [2.05, 4.69) is 27.9 Å². The van der Waals surface area contributed by atoms with Crippen LogP contribution >= 0.6 is 22.6 Å². The lowest BCUT2D eigenvalue weighted by Crippen LogP contribution is -2.36. The molecule has 6 nitrogen and oxygen atoms in total. The van der Waals surface area contributed by atoms with E-state index in [1.54, 1.807) is 30.3 Å². The molecule has 2 aromatic carbocycles. The van der Waals surface area contributed by atoms with E-state index in [9.17, 15) is 14.4 Å². The van der Waals surface area contributed by atoms with Crippen LogP contribution in [0.3, 0.4) is 0 Å². The quantitative estimate of drug-likeness (QED) is 0.543. The highest BCUT2D eigenvalue weighted by Crippen LogP contribution is 2.27. The molecule has 0 spiro atoms. The predicted molar refractivity (Wildman–Crippen MR) is 108 cm³/mol. The summed E-state index contributed by atoms with van der Waals surface area (Å²) in [6.45, 7) is 0.943. The van der Waals surface area contributed by atoms with E-state index in [0.29, 0.717) is 29.0 Å². The van der Waals surface area contributed by atoms with Crippen LogP contribution in [0.2, 0.25) is 0 Å². The third kappa shape index (κ3) is 3.61. The van der Waals surface area contributed by atoms with E-state index in [0.717, 1.165) is 16.4 Å². The summed E-state index contributed by atoms with van der Waals surface area (Å²) in [5.74, 6) is -0.904. The van der Waals surface area contributed by atoms with Gasteiger partial charge in [-0.2, -0.15) is 0 Å². The van der Waals surface area contributed by atoms with Crippen LogP contribution < -0.4 is 5.32 Å². The lowest BCUT2D eigenvalue weighted by molar-refractivity contribution is 0.0475. The van der Waals surface area contributed by atoms with Crippen LogP contribution in [0.4, 0.5) is 5.69 Å². The molecule has 0 bridgehead atoms. The average molecular weight is 476 g/mol. The van der Waals surface area contributed by atoms with Gasteiger partial charge in [0.1, 0.15) is 0 Å². The zero-order valence-corrected chi connectivity index (χ0v) is 16.6. The summed E-state index contributed by atoms with van der Waals surface area (Å²) in [5.41, 5.74) is 1.70. The fourth-order valence-corrected chi connectivity index (χ4v) is 3.90. The average Bonchev–Trinajstić information content (AvgIpc) is 3.25. The van der Waals surface area contributed by atoms with Crippen LogP contribution in [0, 0.1) is 3.57 Å². The van der Waals surface area contributed by atoms with E-state index in [4.69, 9.17) is 4.74 Å². The van der Waals surface area contributed by atoms with Crippen molar-refractivity contribution in [1.82, 2.24) is 4.90 Å². The molecule has 0 aliphatic carbocycles. The zero-order valence-electron chi connectivity index (χ0n) is 14.4. The van der Waals surface area contributed by atoms with Crippen LogP contribution in [0.15, 0.2) is 42.5 Å². The van der Waals surface area contributed by atoms with E-state index in [-0.39, 0.29) is 30.4 Å². The highest BCUT2D eigenvalue weighted by Gasteiger charge is 2.37. The molecular formula is C20H17IN2O4. The second-order valence-electron chi connectivity index (χ2n) is 6.58. The molecule has 1 saturated heterocycles. The Hall–Kier alpha value is -2.26. The van der Waals surface area contributed by atoms with E-state index >= 15 is 0 Å². The molecule has 0 aromatic heterocycles. The Morgan fingerprint density at radius 3 is 2.70 bits per heavy atom. The Morgan fingerprint density at radius 1 is 1.15 bits per heavy atom. The number of nitrogens with one attached hydrogen (secondary N) is 1. The number of carbonyl (C=O) groups is 3. The van der Waals surface area contributed by atoms with Crippen LogP contribution in [0.5, 0.6) is 0 Å². The molecule has 1 fully saturated rings. The molecule has 2 aliphatic heterocycles. The van der Waals surface area contributed by atoms with Crippen molar-refractivity contribution >= 4 is 46.0 Å². The number of anilines is 1. The first kappa shape index (κ1) is 18.1. The van der Waals surface area contributed by atoms with Crippen molar-refractivity contribution in [2.75, 3.05) is 18.5 Å². The van der Waals surface area contributed by atoms with Crippen LogP contribution in [-0.4, -0.2) is 41.9 Å². The van der Waals surface area contributed by atoms with Gasteiger partial charge in [0.25, 0.3) is 17.7 Å². The molecule has 4 rings (SSSR count). The van der Waals surface area contributed by atoms with Gasteiger partial charge in [0.15, 0.2) is 0 Å². The molecule has 1 unspecified atom stereocenters. The van der Waals surface area contributed by atoms with Gasteiger partial charge in [-0.3, -0.25) is 19.3 Å². The van der Waals surface area contributed by atoms with Gasteiger partial charge in [0, 0.05) is 21.4 Å². The summed E-state index contributed by atoms with van der Waals surface area (Å²) >= 11 is 2.14. The minimum Gasteiger partial charge on any atom is -0.376 e. The van der Waals surface area contributed by atoms with E-state index in [1.807, 2.05) is 12.1 Å². The molecule has 0 saturated carbocycles. The topological polar surface area (TPSA) is 75.7 Å².